The number of carbonyl (C=O) groups is 1. The Morgan fingerprint density at radius 3 is 1.94 bits per heavy atom. The fraction of sp³-hybridized carbons (Fsp3) is 0.909. The van der Waals surface area contributed by atoms with E-state index < -0.39 is 51.0 Å². The topological polar surface area (TPSA) is 198 Å². The monoisotopic (exact) mass is 706 g/mol. The number of hydrogen-bond acceptors (Lipinski definition) is 11. The van der Waals surface area contributed by atoms with Crippen LogP contribution in [0.25, 0.3) is 0 Å². The van der Waals surface area contributed by atoms with Gasteiger partial charge in [0.25, 0.3) is 5.91 Å². The highest BCUT2D eigenvalue weighted by Crippen LogP contribution is 2.44. The number of nitrogens with two attached hydrogens (primary N) is 1. The Hall–Kier alpha value is -1.48. The lowest BCUT2D eigenvalue weighted by atomic mass is 10.1. The van der Waals surface area contributed by atoms with E-state index in [0.717, 1.165) is 43.1 Å². The lowest BCUT2D eigenvalue weighted by molar-refractivity contribution is -0.0637. The predicted octanol–water partition coefficient (Wildman–Crippen LogP) is 5.59. The summed E-state index contributed by atoms with van der Waals surface area (Å²) in [5.74, 6) is -1.16. The van der Waals surface area contributed by atoms with Gasteiger partial charge in [0, 0.05) is 13.2 Å². The molecule has 6 atom stereocenters. The van der Waals surface area contributed by atoms with Gasteiger partial charge < -0.3 is 35.1 Å². The molecule has 14 nitrogen and oxygen atoms in total. The number of phosphoric ester groups is 1. The first-order valence-corrected chi connectivity index (χ1v) is 19.7. The van der Waals surface area contributed by atoms with Crippen LogP contribution in [0.15, 0.2) is 6.33 Å². The number of aromatic nitrogens is 3. The summed E-state index contributed by atoms with van der Waals surface area (Å²) < 4.78 is 41.6. The number of carbonyl (C=O) groups excluding carboxylic acids is 1. The van der Waals surface area contributed by atoms with E-state index in [-0.39, 0.29) is 19.0 Å². The number of hydrogen-bond donors (Lipinski definition) is 4. The number of ether oxygens (including phenoxy) is 3. The molecule has 1 amide bonds. The van der Waals surface area contributed by atoms with Gasteiger partial charge in [0.2, 0.25) is 5.82 Å². The molecule has 1 fully saturated rings. The number of primary amides is 1. The minimum absolute atomic E-state index is 0.220. The summed E-state index contributed by atoms with van der Waals surface area (Å²) in [6, 6.07) is 0. The van der Waals surface area contributed by atoms with Crippen LogP contribution in [-0.2, 0) is 27.8 Å². The fourth-order valence-electron chi connectivity index (χ4n) is 5.51. The van der Waals surface area contributed by atoms with Gasteiger partial charge in [0.15, 0.2) is 6.23 Å². The van der Waals surface area contributed by atoms with Gasteiger partial charge in [-0.2, -0.15) is 0 Å². The Labute approximate surface area is 287 Å². The molecular weight excluding hydrogens is 643 g/mol. The van der Waals surface area contributed by atoms with Crippen molar-refractivity contribution < 1.29 is 47.7 Å². The van der Waals surface area contributed by atoms with E-state index >= 15 is 0 Å². The Kier molecular flexibility index (Phi) is 22.6. The van der Waals surface area contributed by atoms with Crippen LogP contribution in [0.2, 0.25) is 0 Å². The van der Waals surface area contributed by atoms with Crippen LogP contribution in [0.4, 0.5) is 0 Å². The molecule has 5 N–H and O–H groups in total. The highest BCUT2D eigenvalue weighted by atomic mass is 31.2. The third-order valence-corrected chi connectivity index (χ3v) is 9.40. The van der Waals surface area contributed by atoms with Gasteiger partial charge in [0.1, 0.15) is 30.7 Å². The standard InChI is InChI=1S/C33H63N4O10P/c1-3-5-7-9-11-13-15-17-19-21-43-23-27(44-22-20-18-16-14-12-10-8-6-4-2)24-45-48(41,42)46-25-28-29(38)30(39)33(47-28)37-26-35-32(36-37)31(34)40/h26-30,33,38-39H,3-25H2,1-2H3,(H2,34,40)(H,41,42)/t27?,28-,29?,30?,33-/m1/s1. The summed E-state index contributed by atoms with van der Waals surface area (Å²) in [6.07, 6.45) is 16.9. The molecule has 0 saturated carbocycles. The Morgan fingerprint density at radius 1 is 0.854 bits per heavy atom. The third-order valence-electron chi connectivity index (χ3n) is 8.45. The van der Waals surface area contributed by atoms with E-state index in [2.05, 4.69) is 23.9 Å². The molecular formula is C33H63N4O10P. The molecule has 1 saturated heterocycles. The average molecular weight is 707 g/mol. The number of aliphatic hydroxyl groups excluding tert-OH is 2. The van der Waals surface area contributed by atoms with Gasteiger partial charge in [-0.1, -0.05) is 117 Å². The molecule has 0 aliphatic carbocycles. The van der Waals surface area contributed by atoms with Crippen molar-refractivity contribution in [3.05, 3.63) is 12.2 Å². The van der Waals surface area contributed by atoms with Crippen molar-refractivity contribution in [1.82, 2.24) is 14.8 Å². The van der Waals surface area contributed by atoms with Crippen LogP contribution in [0.1, 0.15) is 146 Å². The van der Waals surface area contributed by atoms with Crippen LogP contribution in [0.5, 0.6) is 0 Å². The maximum absolute atomic E-state index is 12.7. The average Bonchev–Trinajstić information content (AvgIpc) is 3.67. The summed E-state index contributed by atoms with van der Waals surface area (Å²) in [5, 5.41) is 24.6. The van der Waals surface area contributed by atoms with Gasteiger partial charge >= 0.3 is 7.82 Å². The maximum atomic E-state index is 12.7. The Morgan fingerprint density at radius 2 is 1.40 bits per heavy atom. The minimum atomic E-state index is -4.58. The van der Waals surface area contributed by atoms with Gasteiger partial charge in [-0.05, 0) is 12.8 Å². The van der Waals surface area contributed by atoms with Crippen molar-refractivity contribution >= 4 is 13.7 Å². The summed E-state index contributed by atoms with van der Waals surface area (Å²) in [5.41, 5.74) is 5.16. The van der Waals surface area contributed by atoms with Gasteiger partial charge in [0.05, 0.1) is 19.8 Å². The van der Waals surface area contributed by atoms with Crippen molar-refractivity contribution in [2.45, 2.75) is 160 Å². The molecule has 0 radical (unpaired) electrons. The molecule has 0 bridgehead atoms. The number of phosphoric acid groups is 1. The molecule has 0 spiro atoms. The van der Waals surface area contributed by atoms with E-state index in [4.69, 9.17) is 29.0 Å². The van der Waals surface area contributed by atoms with E-state index in [9.17, 15) is 24.5 Å². The molecule has 1 aliphatic heterocycles. The Bertz CT molecular complexity index is 1020. The molecule has 2 heterocycles. The van der Waals surface area contributed by atoms with Crippen LogP contribution in [-0.4, -0.2) is 93.2 Å². The molecule has 1 aliphatic rings. The molecule has 15 heteroatoms. The fourth-order valence-corrected chi connectivity index (χ4v) is 6.28. The summed E-state index contributed by atoms with van der Waals surface area (Å²) in [4.78, 5) is 25.4. The Balaban J connectivity index is 1.75. The first-order valence-electron chi connectivity index (χ1n) is 18.2. The number of unbranched alkanes of at least 4 members (excludes halogenated alkanes) is 16. The molecule has 2 rings (SSSR count). The highest BCUT2D eigenvalue weighted by Gasteiger charge is 2.45. The summed E-state index contributed by atoms with van der Waals surface area (Å²) in [6.45, 7) is 4.95. The van der Waals surface area contributed by atoms with Crippen molar-refractivity contribution in [3.8, 4) is 0 Å². The van der Waals surface area contributed by atoms with Gasteiger partial charge in [-0.25, -0.2) is 14.2 Å². The highest BCUT2D eigenvalue weighted by molar-refractivity contribution is 7.47. The second kappa shape index (κ2) is 25.5. The lowest BCUT2D eigenvalue weighted by Gasteiger charge is -2.21. The first-order chi connectivity index (χ1) is 23.2. The van der Waals surface area contributed by atoms with Crippen LogP contribution < -0.4 is 5.73 Å². The van der Waals surface area contributed by atoms with Crippen molar-refractivity contribution in [2.75, 3.05) is 33.0 Å². The van der Waals surface area contributed by atoms with Crippen LogP contribution in [0, 0.1) is 0 Å². The smallest absolute Gasteiger partial charge is 0.387 e. The van der Waals surface area contributed by atoms with E-state index in [0.29, 0.717) is 13.2 Å². The summed E-state index contributed by atoms with van der Waals surface area (Å²) >= 11 is 0. The summed E-state index contributed by atoms with van der Waals surface area (Å²) in [7, 11) is -4.58. The second-order valence-corrected chi connectivity index (χ2v) is 14.2. The lowest BCUT2D eigenvalue weighted by Crippen LogP contribution is -2.34. The first kappa shape index (κ1) is 42.7. The molecule has 4 unspecified atom stereocenters. The largest absolute Gasteiger partial charge is 0.472 e. The third kappa shape index (κ3) is 18.0. The SMILES string of the molecule is CCCCCCCCCCCOCC(COP(=O)(O)OC[C@H]1O[C@@H](n2cnc(C(N)=O)n2)C(O)C1O)OCCCCCCCCCCC. The molecule has 1 aromatic rings. The second-order valence-electron chi connectivity index (χ2n) is 12.7. The minimum Gasteiger partial charge on any atom is -0.387 e. The normalized spacial score (nSPS) is 21.4. The van der Waals surface area contributed by atoms with Crippen molar-refractivity contribution in [2.24, 2.45) is 5.73 Å². The zero-order valence-corrected chi connectivity index (χ0v) is 30.2. The van der Waals surface area contributed by atoms with E-state index in [1.165, 1.54) is 83.5 Å². The van der Waals surface area contributed by atoms with Crippen LogP contribution in [0.3, 0.4) is 0 Å². The van der Waals surface area contributed by atoms with Crippen LogP contribution >= 0.6 is 7.82 Å². The zero-order valence-electron chi connectivity index (χ0n) is 29.3. The van der Waals surface area contributed by atoms with Gasteiger partial charge in [-0.3, -0.25) is 13.8 Å². The number of rotatable bonds is 31. The number of nitrogens with zero attached hydrogens (tertiary/aromatic N) is 3. The quantitative estimate of drug-likeness (QED) is 0.0552. The number of aliphatic hydroxyl groups is 2. The zero-order chi connectivity index (χ0) is 35.0. The predicted molar refractivity (Wildman–Crippen MR) is 181 cm³/mol. The molecule has 0 aromatic carbocycles. The molecule has 1 aromatic heterocycles. The molecule has 280 valence electrons. The van der Waals surface area contributed by atoms with E-state index in [1.807, 2.05) is 0 Å². The maximum Gasteiger partial charge on any atom is 0.472 e. The number of amides is 1. The van der Waals surface area contributed by atoms with Crippen molar-refractivity contribution in [3.63, 3.8) is 0 Å². The van der Waals surface area contributed by atoms with Crippen molar-refractivity contribution in [1.29, 1.82) is 0 Å². The van der Waals surface area contributed by atoms with E-state index in [1.54, 1.807) is 0 Å². The molecule has 48 heavy (non-hydrogen) atoms. The van der Waals surface area contributed by atoms with Gasteiger partial charge in [-0.15, -0.1) is 5.10 Å².